The lowest BCUT2D eigenvalue weighted by Gasteiger charge is -2.26. The number of hydrogen-bond donors (Lipinski definition) is 3. The van der Waals surface area contributed by atoms with Crippen molar-refractivity contribution in [2.75, 3.05) is 38.3 Å². The van der Waals surface area contributed by atoms with E-state index in [0.29, 0.717) is 39.2 Å². The average Bonchev–Trinajstić information content (AvgIpc) is 3.39. The topological polar surface area (TPSA) is 119 Å². The van der Waals surface area contributed by atoms with E-state index < -0.39 is 10.0 Å². The molecule has 1 aliphatic heterocycles. The summed E-state index contributed by atoms with van der Waals surface area (Å²) in [6, 6.07) is 14.6. The number of aromatic nitrogens is 4. The maximum Gasteiger partial charge on any atom is 0.244 e. The molecule has 0 aliphatic carbocycles. The molecule has 12 heteroatoms. The van der Waals surface area contributed by atoms with Gasteiger partial charge >= 0.3 is 0 Å². The Kier molecular flexibility index (Phi) is 7.12. The third-order valence-electron chi connectivity index (χ3n) is 7.14. The highest BCUT2D eigenvalue weighted by Gasteiger charge is 2.23. The molecular weight excluding hydrogens is 560 g/mol. The summed E-state index contributed by atoms with van der Waals surface area (Å²) in [5.41, 5.74) is 5.77. The van der Waals surface area contributed by atoms with Crippen molar-refractivity contribution in [2.24, 2.45) is 0 Å². The summed E-state index contributed by atoms with van der Waals surface area (Å²) >= 11 is 6.69. The average molecular weight is 589 g/mol. The number of pyridine rings is 1. The molecule has 4 heterocycles. The standard InChI is InChI=1S/C29H29ClN8O2S/c1-37(2)41(39,40)25-9-5-4-8-23(25)33-28-26-21(19-7-6-11-31-15-19)16-32-27(26)35-29(36-28)34-24-14-20-17-38(3)12-10-18(20)13-22(24)30/h4-9,11,13-16H,10,12,17H2,1-3H3,(H3,32,33,34,35,36). The minimum atomic E-state index is -3.73. The highest BCUT2D eigenvalue weighted by molar-refractivity contribution is 7.89. The lowest BCUT2D eigenvalue weighted by Crippen LogP contribution is -2.26. The van der Waals surface area contributed by atoms with Gasteiger partial charge in [0.2, 0.25) is 16.0 Å². The molecule has 41 heavy (non-hydrogen) atoms. The van der Waals surface area contributed by atoms with Gasteiger partial charge in [-0.2, -0.15) is 9.97 Å². The number of nitrogens with zero attached hydrogens (tertiary/aromatic N) is 5. The Labute approximate surface area is 243 Å². The van der Waals surface area contributed by atoms with Gasteiger partial charge in [-0.3, -0.25) is 4.98 Å². The Balaban J connectivity index is 1.48. The van der Waals surface area contributed by atoms with E-state index in [9.17, 15) is 8.42 Å². The molecule has 6 rings (SSSR count). The van der Waals surface area contributed by atoms with Gasteiger partial charge in [0.1, 0.15) is 16.4 Å². The summed E-state index contributed by atoms with van der Waals surface area (Å²) in [6.45, 7) is 1.82. The first-order valence-electron chi connectivity index (χ1n) is 13.1. The van der Waals surface area contributed by atoms with Crippen LogP contribution >= 0.6 is 11.6 Å². The van der Waals surface area contributed by atoms with E-state index in [1.807, 2.05) is 30.5 Å². The Morgan fingerprint density at radius 1 is 1.02 bits per heavy atom. The molecule has 2 aromatic carbocycles. The second-order valence-corrected chi connectivity index (χ2v) is 12.7. The number of para-hydroxylation sites is 1. The van der Waals surface area contributed by atoms with Crippen molar-refractivity contribution in [1.29, 1.82) is 0 Å². The van der Waals surface area contributed by atoms with Crippen LogP contribution in [0.25, 0.3) is 22.2 Å². The molecule has 0 spiro atoms. The molecule has 5 aromatic rings. The fraction of sp³-hybridized carbons (Fsp3) is 0.207. The molecule has 1 aliphatic rings. The lowest BCUT2D eigenvalue weighted by atomic mass is 9.99. The number of benzene rings is 2. The molecule has 0 saturated carbocycles. The van der Waals surface area contributed by atoms with E-state index in [0.717, 1.165) is 30.6 Å². The van der Waals surface area contributed by atoms with Gasteiger partial charge in [-0.15, -0.1) is 0 Å². The van der Waals surface area contributed by atoms with Gasteiger partial charge in [0.15, 0.2) is 0 Å². The largest absolute Gasteiger partial charge is 0.345 e. The number of sulfonamides is 1. The van der Waals surface area contributed by atoms with E-state index in [4.69, 9.17) is 21.6 Å². The number of fused-ring (bicyclic) bond motifs is 2. The van der Waals surface area contributed by atoms with E-state index in [1.54, 1.807) is 36.7 Å². The van der Waals surface area contributed by atoms with E-state index in [2.05, 4.69) is 32.5 Å². The molecule has 0 amide bonds. The summed E-state index contributed by atoms with van der Waals surface area (Å²) in [6.07, 6.45) is 6.25. The number of anilines is 4. The van der Waals surface area contributed by atoms with Gasteiger partial charge in [-0.25, -0.2) is 12.7 Å². The van der Waals surface area contributed by atoms with Crippen molar-refractivity contribution < 1.29 is 8.42 Å². The summed E-state index contributed by atoms with van der Waals surface area (Å²) in [4.78, 5) is 19.5. The first kappa shape index (κ1) is 27.2. The van der Waals surface area contributed by atoms with Gasteiger partial charge in [0.25, 0.3) is 0 Å². The second kappa shape index (κ2) is 10.7. The van der Waals surface area contributed by atoms with Crippen LogP contribution in [-0.2, 0) is 23.0 Å². The van der Waals surface area contributed by atoms with Crippen molar-refractivity contribution in [1.82, 2.24) is 29.1 Å². The maximum absolute atomic E-state index is 13.1. The summed E-state index contributed by atoms with van der Waals surface area (Å²) in [5.74, 6) is 0.728. The molecular formula is C29H29ClN8O2S. The second-order valence-electron chi connectivity index (χ2n) is 10.2. The van der Waals surface area contributed by atoms with Crippen LogP contribution in [0.5, 0.6) is 0 Å². The monoisotopic (exact) mass is 588 g/mol. The lowest BCUT2D eigenvalue weighted by molar-refractivity contribution is 0.313. The number of nitrogens with one attached hydrogen (secondary N) is 3. The summed E-state index contributed by atoms with van der Waals surface area (Å²) < 4.78 is 27.5. The molecule has 0 saturated heterocycles. The van der Waals surface area contributed by atoms with E-state index >= 15 is 0 Å². The molecule has 0 fully saturated rings. The maximum atomic E-state index is 13.1. The highest BCUT2D eigenvalue weighted by Crippen LogP contribution is 2.37. The van der Waals surface area contributed by atoms with Crippen molar-refractivity contribution >= 4 is 55.8 Å². The SMILES string of the molecule is CN1CCc2cc(Cl)c(Nc3nc(Nc4ccccc4S(=O)(=O)N(C)C)c4c(-c5cccnc5)c[nH]c4n3)cc2C1. The third kappa shape index (κ3) is 5.24. The van der Waals surface area contributed by atoms with Gasteiger partial charge in [-0.05, 0) is 54.9 Å². The Morgan fingerprint density at radius 2 is 1.85 bits per heavy atom. The highest BCUT2D eigenvalue weighted by atomic mass is 35.5. The number of aromatic amines is 1. The van der Waals surface area contributed by atoms with Crippen LogP contribution < -0.4 is 10.6 Å². The van der Waals surface area contributed by atoms with Crippen LogP contribution in [0.2, 0.25) is 5.02 Å². The van der Waals surface area contributed by atoms with Crippen LogP contribution in [0.3, 0.4) is 0 Å². The Hall–Kier alpha value is -4.03. The van der Waals surface area contributed by atoms with Gasteiger partial charge in [0, 0.05) is 56.9 Å². The van der Waals surface area contributed by atoms with Crippen molar-refractivity contribution in [3.05, 3.63) is 83.3 Å². The fourth-order valence-corrected chi connectivity index (χ4v) is 6.26. The van der Waals surface area contributed by atoms with E-state index in [1.165, 1.54) is 29.5 Å². The summed E-state index contributed by atoms with van der Waals surface area (Å²) in [7, 11) is 1.37. The molecule has 0 atom stereocenters. The number of rotatable bonds is 7. The van der Waals surface area contributed by atoms with Gasteiger partial charge in [-0.1, -0.05) is 29.8 Å². The van der Waals surface area contributed by atoms with Crippen LogP contribution in [0.1, 0.15) is 11.1 Å². The molecule has 0 unspecified atom stereocenters. The molecule has 3 aromatic heterocycles. The molecule has 3 N–H and O–H groups in total. The van der Waals surface area contributed by atoms with Crippen LogP contribution in [-0.4, -0.2) is 65.2 Å². The first-order valence-corrected chi connectivity index (χ1v) is 14.9. The predicted octanol–water partition coefficient (Wildman–Crippen LogP) is 5.40. The Bertz CT molecular complexity index is 1860. The zero-order valence-electron chi connectivity index (χ0n) is 22.8. The molecule has 10 nitrogen and oxygen atoms in total. The van der Waals surface area contributed by atoms with Crippen molar-refractivity contribution in [3.63, 3.8) is 0 Å². The predicted molar refractivity (Wildman–Crippen MR) is 162 cm³/mol. The zero-order valence-corrected chi connectivity index (χ0v) is 24.4. The van der Waals surface area contributed by atoms with Crippen molar-refractivity contribution in [3.8, 4) is 11.1 Å². The van der Waals surface area contributed by atoms with Crippen molar-refractivity contribution in [2.45, 2.75) is 17.9 Å². The third-order valence-corrected chi connectivity index (χ3v) is 9.33. The van der Waals surface area contributed by atoms with Crippen LogP contribution in [0, 0.1) is 0 Å². The smallest absolute Gasteiger partial charge is 0.244 e. The minimum Gasteiger partial charge on any atom is -0.345 e. The van der Waals surface area contributed by atoms with E-state index in [-0.39, 0.29) is 4.90 Å². The first-order chi connectivity index (χ1) is 19.7. The quantitative estimate of drug-likeness (QED) is 0.231. The number of hydrogen-bond acceptors (Lipinski definition) is 8. The normalized spacial score (nSPS) is 13.9. The van der Waals surface area contributed by atoms with Crippen LogP contribution in [0.15, 0.2) is 72.0 Å². The van der Waals surface area contributed by atoms with Gasteiger partial charge < -0.3 is 20.5 Å². The zero-order chi connectivity index (χ0) is 28.7. The van der Waals surface area contributed by atoms with Gasteiger partial charge in [0.05, 0.1) is 21.8 Å². The molecule has 0 bridgehead atoms. The molecule has 210 valence electrons. The fourth-order valence-electron chi connectivity index (χ4n) is 4.98. The van der Waals surface area contributed by atoms with Crippen LogP contribution in [0.4, 0.5) is 23.1 Å². The number of likely N-dealkylation sites (N-methyl/N-ethyl adjacent to an activating group) is 1. The number of H-pyrrole nitrogens is 1. The number of halogens is 1. The summed E-state index contributed by atoms with van der Waals surface area (Å²) in [5, 5.41) is 7.86. The molecule has 0 radical (unpaired) electrons. The Morgan fingerprint density at radius 3 is 2.63 bits per heavy atom. The minimum absolute atomic E-state index is 0.131.